The molecule has 0 amide bonds. The van der Waals surface area contributed by atoms with Crippen molar-refractivity contribution in [1.82, 2.24) is 9.36 Å². The van der Waals surface area contributed by atoms with Crippen molar-refractivity contribution in [3.8, 4) is 6.07 Å². The lowest BCUT2D eigenvalue weighted by molar-refractivity contribution is 0.545. The fraction of sp³-hybridized carbons (Fsp3) is 0.625. The molecule has 0 saturated heterocycles. The fourth-order valence-corrected chi connectivity index (χ4v) is 3.03. The third-order valence-electron chi connectivity index (χ3n) is 1.61. The van der Waals surface area contributed by atoms with Gasteiger partial charge in [0.25, 0.3) is 0 Å². The largest absolute Gasteiger partial charge is 0.314 e. The Kier molecular flexibility index (Phi) is 3.86. The second kappa shape index (κ2) is 4.73. The number of hydrogen-bond donors (Lipinski definition) is 1. The second-order valence-electron chi connectivity index (χ2n) is 3.37. The molecule has 1 heterocycles. The van der Waals surface area contributed by atoms with E-state index in [4.69, 9.17) is 11.0 Å². The smallest absolute Gasteiger partial charge is 0.170 e. The van der Waals surface area contributed by atoms with E-state index in [0.717, 1.165) is 4.34 Å². The summed E-state index contributed by atoms with van der Waals surface area (Å²) >= 11 is 2.97. The maximum absolute atomic E-state index is 8.76. The Morgan fingerprint density at radius 3 is 3.07 bits per heavy atom. The van der Waals surface area contributed by atoms with E-state index in [2.05, 4.69) is 15.4 Å². The van der Waals surface area contributed by atoms with Crippen LogP contribution in [0.15, 0.2) is 10.7 Å². The lowest BCUT2D eigenvalue weighted by Gasteiger charge is -2.18. The molecular formula is C8H12N4S2. The molecule has 0 aliphatic rings. The fourth-order valence-electron chi connectivity index (χ4n) is 1.07. The molecule has 1 aromatic rings. The minimum Gasteiger partial charge on any atom is -0.314 e. The first-order valence-corrected chi connectivity index (χ1v) is 5.82. The normalized spacial score (nSPS) is 17.0. The van der Waals surface area contributed by atoms with Gasteiger partial charge in [-0.25, -0.2) is 4.98 Å². The van der Waals surface area contributed by atoms with Crippen molar-refractivity contribution >= 4 is 23.3 Å². The van der Waals surface area contributed by atoms with Crippen LogP contribution in [-0.4, -0.2) is 20.1 Å². The molecule has 76 valence electrons. The topological polar surface area (TPSA) is 75.6 Å². The minimum absolute atomic E-state index is 0.276. The highest BCUT2D eigenvalue weighted by molar-refractivity contribution is 8.01. The predicted octanol–water partition coefficient (Wildman–Crippen LogP) is 1.65. The van der Waals surface area contributed by atoms with Gasteiger partial charge in [0.1, 0.15) is 11.9 Å². The summed E-state index contributed by atoms with van der Waals surface area (Å²) in [6.45, 7) is 3.78. The van der Waals surface area contributed by atoms with Crippen LogP contribution in [0.25, 0.3) is 0 Å². The molecule has 0 bridgehead atoms. The maximum atomic E-state index is 8.76. The van der Waals surface area contributed by atoms with Crippen molar-refractivity contribution in [3.05, 3.63) is 6.33 Å². The number of hydrogen-bond acceptors (Lipinski definition) is 6. The molecule has 4 nitrogen and oxygen atoms in total. The van der Waals surface area contributed by atoms with Gasteiger partial charge in [0.05, 0.1) is 6.07 Å². The number of nitriles is 1. The van der Waals surface area contributed by atoms with Crippen LogP contribution in [-0.2, 0) is 0 Å². The zero-order valence-electron chi connectivity index (χ0n) is 8.10. The van der Waals surface area contributed by atoms with Gasteiger partial charge in [-0.15, -0.1) is 0 Å². The van der Waals surface area contributed by atoms with Crippen molar-refractivity contribution in [3.63, 3.8) is 0 Å². The Morgan fingerprint density at radius 1 is 1.86 bits per heavy atom. The van der Waals surface area contributed by atoms with Gasteiger partial charge in [0.15, 0.2) is 4.34 Å². The molecule has 1 aromatic heterocycles. The van der Waals surface area contributed by atoms with Crippen LogP contribution in [0.5, 0.6) is 0 Å². The summed E-state index contributed by atoms with van der Waals surface area (Å²) in [4.78, 5) is 4.06. The van der Waals surface area contributed by atoms with Gasteiger partial charge in [-0.1, -0.05) is 18.7 Å². The lowest BCUT2D eigenvalue weighted by Crippen LogP contribution is -2.36. The Hall–Kier alpha value is -0.640. The molecule has 0 saturated carbocycles. The van der Waals surface area contributed by atoms with E-state index in [0.29, 0.717) is 6.42 Å². The monoisotopic (exact) mass is 228 g/mol. The van der Waals surface area contributed by atoms with Crippen LogP contribution in [0.2, 0.25) is 0 Å². The average Bonchev–Trinajstić information content (AvgIpc) is 2.55. The first-order chi connectivity index (χ1) is 6.53. The van der Waals surface area contributed by atoms with Gasteiger partial charge in [-0.3, -0.25) is 0 Å². The zero-order valence-corrected chi connectivity index (χ0v) is 9.73. The molecule has 0 aromatic carbocycles. The van der Waals surface area contributed by atoms with Crippen LogP contribution in [0, 0.1) is 11.3 Å². The molecule has 6 heteroatoms. The molecule has 1 rings (SSSR count). The molecule has 2 unspecified atom stereocenters. The van der Waals surface area contributed by atoms with E-state index in [-0.39, 0.29) is 5.25 Å². The number of thioether (sulfide) groups is 1. The van der Waals surface area contributed by atoms with E-state index in [1.165, 1.54) is 17.9 Å². The van der Waals surface area contributed by atoms with Gasteiger partial charge >= 0.3 is 0 Å². The number of aromatic nitrogens is 2. The standard InChI is InChI=1S/C8H12N4S2/c1-6(3-8(2,10)4-9)13-7-11-5-12-14-7/h5-6H,3,10H2,1-2H3. The highest BCUT2D eigenvalue weighted by Crippen LogP contribution is 2.27. The van der Waals surface area contributed by atoms with E-state index in [1.807, 2.05) is 6.92 Å². The number of nitrogens with zero attached hydrogens (tertiary/aromatic N) is 3. The highest BCUT2D eigenvalue weighted by Gasteiger charge is 2.22. The van der Waals surface area contributed by atoms with Crippen LogP contribution >= 0.6 is 23.3 Å². The summed E-state index contributed by atoms with van der Waals surface area (Å²) < 4.78 is 4.83. The second-order valence-corrected chi connectivity index (χ2v) is 5.83. The molecular weight excluding hydrogens is 216 g/mol. The van der Waals surface area contributed by atoms with E-state index >= 15 is 0 Å². The van der Waals surface area contributed by atoms with Crippen molar-refractivity contribution < 1.29 is 0 Å². The average molecular weight is 228 g/mol. The maximum Gasteiger partial charge on any atom is 0.170 e. The molecule has 0 aliphatic heterocycles. The van der Waals surface area contributed by atoms with Crippen LogP contribution in [0.4, 0.5) is 0 Å². The summed E-state index contributed by atoms with van der Waals surface area (Å²) in [6.07, 6.45) is 2.18. The molecule has 2 N–H and O–H groups in total. The van der Waals surface area contributed by atoms with Gasteiger partial charge in [-0.2, -0.15) is 9.64 Å². The lowest BCUT2D eigenvalue weighted by atomic mass is 10.00. The number of nitrogens with two attached hydrogens (primary N) is 1. The predicted molar refractivity (Wildman–Crippen MR) is 58.1 cm³/mol. The highest BCUT2D eigenvalue weighted by atomic mass is 32.2. The Labute approximate surface area is 91.7 Å². The third kappa shape index (κ3) is 3.62. The van der Waals surface area contributed by atoms with Gasteiger partial charge in [0, 0.05) is 5.25 Å². The summed E-state index contributed by atoms with van der Waals surface area (Å²) in [5.74, 6) is 0. The van der Waals surface area contributed by atoms with Gasteiger partial charge in [0.2, 0.25) is 0 Å². The summed E-state index contributed by atoms with van der Waals surface area (Å²) in [7, 11) is 0. The van der Waals surface area contributed by atoms with Gasteiger partial charge in [-0.05, 0) is 24.9 Å². The molecule has 0 fully saturated rings. The Balaban J connectivity index is 2.45. The zero-order chi connectivity index (χ0) is 10.6. The Bertz CT molecular complexity index is 315. The molecule has 0 radical (unpaired) electrons. The van der Waals surface area contributed by atoms with Crippen LogP contribution in [0.3, 0.4) is 0 Å². The van der Waals surface area contributed by atoms with Crippen molar-refractivity contribution in [2.75, 3.05) is 0 Å². The van der Waals surface area contributed by atoms with Crippen LogP contribution < -0.4 is 5.73 Å². The summed E-state index contributed by atoms with van der Waals surface area (Å²) in [5, 5.41) is 9.03. The van der Waals surface area contributed by atoms with Crippen LogP contribution in [0.1, 0.15) is 20.3 Å². The third-order valence-corrected chi connectivity index (χ3v) is 3.46. The SMILES string of the molecule is CC(CC(C)(N)C#N)Sc1ncns1. The van der Waals surface area contributed by atoms with Crippen molar-refractivity contribution in [2.24, 2.45) is 5.73 Å². The van der Waals surface area contributed by atoms with Gasteiger partial charge < -0.3 is 5.73 Å². The first-order valence-electron chi connectivity index (χ1n) is 4.17. The quantitative estimate of drug-likeness (QED) is 0.793. The van der Waals surface area contributed by atoms with Crippen molar-refractivity contribution in [1.29, 1.82) is 5.26 Å². The van der Waals surface area contributed by atoms with E-state index in [9.17, 15) is 0 Å². The molecule has 2 atom stereocenters. The first kappa shape index (κ1) is 11.4. The Morgan fingerprint density at radius 2 is 2.57 bits per heavy atom. The van der Waals surface area contributed by atoms with Crippen molar-refractivity contribution in [2.45, 2.75) is 35.4 Å². The molecule has 14 heavy (non-hydrogen) atoms. The summed E-state index contributed by atoms with van der Waals surface area (Å²) in [6, 6.07) is 2.08. The van der Waals surface area contributed by atoms with E-state index in [1.54, 1.807) is 18.7 Å². The molecule has 0 spiro atoms. The van der Waals surface area contributed by atoms with E-state index < -0.39 is 5.54 Å². The minimum atomic E-state index is -0.753. The number of rotatable bonds is 4. The summed E-state index contributed by atoms with van der Waals surface area (Å²) in [5.41, 5.74) is 4.99. The molecule has 0 aliphatic carbocycles.